The van der Waals surface area contributed by atoms with Crippen molar-refractivity contribution in [3.05, 3.63) is 58.9 Å². The van der Waals surface area contributed by atoms with Crippen molar-refractivity contribution >= 4 is 28.5 Å². The second-order valence-corrected chi connectivity index (χ2v) is 10.5. The van der Waals surface area contributed by atoms with Crippen LogP contribution in [0.2, 0.25) is 5.02 Å². The van der Waals surface area contributed by atoms with Crippen LogP contribution in [0.25, 0.3) is 11.0 Å². The molecule has 2 saturated carbocycles. The van der Waals surface area contributed by atoms with Crippen molar-refractivity contribution in [1.82, 2.24) is 14.9 Å². The molecule has 0 aliphatic heterocycles. The lowest BCUT2D eigenvalue weighted by molar-refractivity contribution is -0.127. The quantitative estimate of drug-likeness (QED) is 0.364. The fraction of sp³-hybridized carbons (Fsp3) is 0.500. The van der Waals surface area contributed by atoms with E-state index in [0.29, 0.717) is 27.6 Å². The molecule has 1 atom stereocenters. The molecule has 5 rings (SSSR count). The molecule has 0 saturated heterocycles. The summed E-state index contributed by atoms with van der Waals surface area (Å²) in [5, 5.41) is 3.74. The minimum atomic E-state index is -0.966. The Labute approximate surface area is 215 Å². The minimum absolute atomic E-state index is 0.0155. The first kappa shape index (κ1) is 25.0. The molecule has 0 spiro atoms. The van der Waals surface area contributed by atoms with Crippen molar-refractivity contribution in [2.24, 2.45) is 5.92 Å². The molecule has 1 aromatic heterocycles. The summed E-state index contributed by atoms with van der Waals surface area (Å²) in [6.07, 6.45) is 10.4. The number of hydrogen-bond donors (Lipinski definition) is 1. The zero-order valence-corrected chi connectivity index (χ0v) is 21.1. The molecule has 1 amide bonds. The number of carbonyl (C=O) groups is 1. The van der Waals surface area contributed by atoms with Crippen molar-refractivity contribution in [3.8, 4) is 5.75 Å². The number of carbonyl (C=O) groups excluding carboxylic acids is 1. The number of imidazole rings is 1. The van der Waals surface area contributed by atoms with Gasteiger partial charge in [0, 0.05) is 18.2 Å². The number of halogens is 3. The molecule has 192 valence electrons. The summed E-state index contributed by atoms with van der Waals surface area (Å²) in [4.78, 5) is 18.5. The highest BCUT2D eigenvalue weighted by Crippen LogP contribution is 2.37. The number of nitrogens with zero attached hydrogens (tertiary/aromatic N) is 2. The van der Waals surface area contributed by atoms with Crippen molar-refractivity contribution in [1.29, 1.82) is 0 Å². The largest absolute Gasteiger partial charge is 0.484 e. The average molecular weight is 516 g/mol. The predicted octanol–water partition coefficient (Wildman–Crippen LogP) is 7.12. The van der Waals surface area contributed by atoms with Gasteiger partial charge in [-0.3, -0.25) is 4.79 Å². The maximum Gasteiger partial charge on any atom is 0.243 e. The van der Waals surface area contributed by atoms with Crippen molar-refractivity contribution in [2.45, 2.75) is 82.9 Å². The Hall–Kier alpha value is -2.67. The minimum Gasteiger partial charge on any atom is -0.484 e. The van der Waals surface area contributed by atoms with Crippen LogP contribution in [0.15, 0.2) is 36.4 Å². The highest BCUT2D eigenvalue weighted by molar-refractivity contribution is 6.32. The van der Waals surface area contributed by atoms with E-state index in [9.17, 15) is 13.6 Å². The molecule has 5 nitrogen and oxygen atoms in total. The standard InChI is InChI=1S/C28H32ClF2N3O2/c29-20-13-7-8-14-25(20)36-17-26-33-23-15-21(30)22(31)16-24(23)34(26)27(18-9-3-1-4-10-18)28(35)32-19-11-5-2-6-12-19/h7-8,13-16,18-19,27H,1-6,9-12,17H2,(H,32,35). The van der Waals surface area contributed by atoms with E-state index in [1.807, 2.05) is 12.1 Å². The summed E-state index contributed by atoms with van der Waals surface area (Å²) < 4.78 is 36.4. The summed E-state index contributed by atoms with van der Waals surface area (Å²) in [7, 11) is 0. The Kier molecular flexibility index (Phi) is 7.75. The van der Waals surface area contributed by atoms with E-state index in [-0.39, 0.29) is 24.5 Å². The van der Waals surface area contributed by atoms with Gasteiger partial charge in [0.25, 0.3) is 0 Å². The van der Waals surface area contributed by atoms with Gasteiger partial charge < -0.3 is 14.6 Å². The third kappa shape index (κ3) is 5.36. The molecular formula is C28H32ClF2N3O2. The Bertz CT molecular complexity index is 1220. The molecule has 2 fully saturated rings. The summed E-state index contributed by atoms with van der Waals surface area (Å²) >= 11 is 6.28. The van der Waals surface area contributed by atoms with E-state index >= 15 is 0 Å². The van der Waals surface area contributed by atoms with Crippen LogP contribution in [-0.4, -0.2) is 21.5 Å². The van der Waals surface area contributed by atoms with Crippen LogP contribution in [0.5, 0.6) is 5.75 Å². The molecule has 2 aliphatic rings. The SMILES string of the molecule is O=C(NC1CCCCC1)C(C1CCCCC1)n1c(COc2ccccc2Cl)nc2cc(F)c(F)cc21. The van der Waals surface area contributed by atoms with Crippen LogP contribution >= 0.6 is 11.6 Å². The van der Waals surface area contributed by atoms with Gasteiger partial charge >= 0.3 is 0 Å². The lowest BCUT2D eigenvalue weighted by atomic mass is 9.83. The monoisotopic (exact) mass is 515 g/mol. The van der Waals surface area contributed by atoms with Crippen molar-refractivity contribution < 1.29 is 18.3 Å². The molecule has 2 aromatic carbocycles. The first-order valence-electron chi connectivity index (χ1n) is 13.0. The molecule has 0 bridgehead atoms. The number of amides is 1. The molecule has 0 radical (unpaired) electrons. The van der Waals surface area contributed by atoms with E-state index < -0.39 is 17.7 Å². The molecule has 1 unspecified atom stereocenters. The van der Waals surface area contributed by atoms with E-state index in [2.05, 4.69) is 10.3 Å². The molecule has 8 heteroatoms. The van der Waals surface area contributed by atoms with Gasteiger partial charge in [0.1, 0.15) is 24.2 Å². The zero-order chi connectivity index (χ0) is 25.1. The highest BCUT2D eigenvalue weighted by Gasteiger charge is 2.35. The molecule has 3 aromatic rings. The normalized spacial score (nSPS) is 18.3. The Morgan fingerprint density at radius 3 is 2.42 bits per heavy atom. The van der Waals surface area contributed by atoms with Crippen LogP contribution in [0.1, 0.15) is 76.1 Å². The molecule has 2 aliphatic carbocycles. The van der Waals surface area contributed by atoms with Gasteiger partial charge in [-0.15, -0.1) is 0 Å². The Morgan fingerprint density at radius 2 is 1.69 bits per heavy atom. The van der Waals surface area contributed by atoms with E-state index in [1.165, 1.54) is 6.42 Å². The fourth-order valence-electron chi connectivity index (χ4n) is 5.78. The van der Waals surface area contributed by atoms with Crippen LogP contribution in [0, 0.1) is 17.6 Å². The summed E-state index contributed by atoms with van der Waals surface area (Å²) in [5.74, 6) is -0.993. The molecule has 36 heavy (non-hydrogen) atoms. The van der Waals surface area contributed by atoms with Gasteiger partial charge in [-0.05, 0) is 43.7 Å². The van der Waals surface area contributed by atoms with Crippen molar-refractivity contribution in [3.63, 3.8) is 0 Å². The van der Waals surface area contributed by atoms with Crippen LogP contribution in [0.3, 0.4) is 0 Å². The number of benzene rings is 2. The van der Waals surface area contributed by atoms with Gasteiger partial charge in [-0.25, -0.2) is 13.8 Å². The van der Waals surface area contributed by atoms with Gasteiger partial charge in [-0.2, -0.15) is 0 Å². The van der Waals surface area contributed by atoms with E-state index in [4.69, 9.17) is 16.3 Å². The molecular weight excluding hydrogens is 484 g/mol. The van der Waals surface area contributed by atoms with Crippen molar-refractivity contribution in [2.75, 3.05) is 0 Å². The number of rotatable bonds is 7. The number of nitrogens with one attached hydrogen (secondary N) is 1. The fourth-order valence-corrected chi connectivity index (χ4v) is 5.97. The molecule has 1 N–H and O–H groups in total. The number of aromatic nitrogens is 2. The number of hydrogen-bond acceptors (Lipinski definition) is 3. The van der Waals surface area contributed by atoms with Gasteiger partial charge in [0.05, 0.1) is 16.1 Å². The van der Waals surface area contributed by atoms with Gasteiger partial charge in [-0.1, -0.05) is 62.3 Å². The third-order valence-electron chi connectivity index (χ3n) is 7.59. The zero-order valence-electron chi connectivity index (χ0n) is 20.3. The number of ether oxygens (including phenoxy) is 1. The van der Waals surface area contributed by atoms with E-state index in [1.54, 1.807) is 16.7 Å². The van der Waals surface area contributed by atoms with Gasteiger partial charge in [0.15, 0.2) is 11.6 Å². The topological polar surface area (TPSA) is 56.2 Å². The average Bonchev–Trinajstić information content (AvgIpc) is 3.22. The first-order chi connectivity index (χ1) is 17.5. The van der Waals surface area contributed by atoms with E-state index in [0.717, 1.165) is 69.9 Å². The maximum absolute atomic E-state index is 14.5. The second kappa shape index (κ2) is 11.2. The van der Waals surface area contributed by atoms with Gasteiger partial charge in [0.2, 0.25) is 5.91 Å². The molecule has 1 heterocycles. The van der Waals surface area contributed by atoms with Crippen LogP contribution < -0.4 is 10.1 Å². The van der Waals surface area contributed by atoms with Crippen LogP contribution in [-0.2, 0) is 11.4 Å². The Balaban J connectivity index is 1.56. The lowest BCUT2D eigenvalue weighted by Crippen LogP contribution is -2.44. The Morgan fingerprint density at radius 1 is 1.03 bits per heavy atom. The number of fused-ring (bicyclic) bond motifs is 1. The predicted molar refractivity (Wildman–Crippen MR) is 136 cm³/mol. The summed E-state index contributed by atoms with van der Waals surface area (Å²) in [6, 6.07) is 8.92. The smallest absolute Gasteiger partial charge is 0.243 e. The summed E-state index contributed by atoms with van der Waals surface area (Å²) in [5.41, 5.74) is 0.707. The first-order valence-corrected chi connectivity index (χ1v) is 13.4. The highest BCUT2D eigenvalue weighted by atomic mass is 35.5. The second-order valence-electron chi connectivity index (χ2n) is 10.1. The summed E-state index contributed by atoms with van der Waals surface area (Å²) in [6.45, 7) is 0.0155. The maximum atomic E-state index is 14.5. The van der Waals surface area contributed by atoms with Crippen LogP contribution in [0.4, 0.5) is 8.78 Å². The lowest BCUT2D eigenvalue weighted by Gasteiger charge is -2.33. The third-order valence-corrected chi connectivity index (χ3v) is 7.90. The number of para-hydroxylation sites is 1.